The van der Waals surface area contributed by atoms with E-state index in [4.69, 9.17) is 4.42 Å². The van der Waals surface area contributed by atoms with E-state index in [0.29, 0.717) is 43.0 Å². The van der Waals surface area contributed by atoms with Crippen LogP contribution in [0.1, 0.15) is 42.6 Å². The van der Waals surface area contributed by atoms with Gasteiger partial charge in [0.1, 0.15) is 16.9 Å². The summed E-state index contributed by atoms with van der Waals surface area (Å²) in [6, 6.07) is 14.3. The van der Waals surface area contributed by atoms with Gasteiger partial charge in [-0.1, -0.05) is 31.0 Å². The Kier molecular flexibility index (Phi) is 5.45. The molecule has 1 saturated carbocycles. The van der Waals surface area contributed by atoms with Crippen LogP contribution in [-0.2, 0) is 4.79 Å². The molecule has 1 aromatic carbocycles. The zero-order chi connectivity index (χ0) is 22.8. The topological polar surface area (TPSA) is 109 Å². The first kappa shape index (κ1) is 21.0. The van der Waals surface area contributed by atoms with Gasteiger partial charge in [-0.05, 0) is 43.5 Å². The average Bonchev–Trinajstić information content (AvgIpc) is 3.62. The number of hydrogen-bond donors (Lipinski definition) is 2. The number of carbonyl (C=O) groups excluding carboxylic acids is 3. The summed E-state index contributed by atoms with van der Waals surface area (Å²) >= 11 is 0. The lowest BCUT2D eigenvalue weighted by Gasteiger charge is -2.20. The molecule has 1 spiro atoms. The van der Waals surface area contributed by atoms with E-state index in [2.05, 4.69) is 15.7 Å². The number of para-hydroxylation sites is 1. The van der Waals surface area contributed by atoms with Crippen LogP contribution in [0.25, 0.3) is 17.1 Å². The maximum absolute atomic E-state index is 13.0. The Bertz CT molecular complexity index is 1160. The molecule has 9 heteroatoms. The van der Waals surface area contributed by atoms with Crippen molar-refractivity contribution in [3.63, 3.8) is 0 Å². The highest BCUT2D eigenvalue weighted by atomic mass is 16.3. The Hall–Kier alpha value is -3.88. The number of benzene rings is 1. The minimum absolute atomic E-state index is 0.137. The number of aromatic nitrogens is 2. The summed E-state index contributed by atoms with van der Waals surface area (Å²) in [4.78, 5) is 39.3. The first-order valence-corrected chi connectivity index (χ1v) is 11.2. The second-order valence-corrected chi connectivity index (χ2v) is 8.43. The Labute approximate surface area is 190 Å². The van der Waals surface area contributed by atoms with Gasteiger partial charge in [0.2, 0.25) is 0 Å². The van der Waals surface area contributed by atoms with Crippen LogP contribution in [0.2, 0.25) is 0 Å². The molecule has 2 aromatic heterocycles. The van der Waals surface area contributed by atoms with Gasteiger partial charge in [0.25, 0.3) is 11.8 Å². The fourth-order valence-corrected chi connectivity index (χ4v) is 4.58. The molecule has 1 saturated heterocycles. The minimum atomic E-state index is -0.704. The summed E-state index contributed by atoms with van der Waals surface area (Å²) in [5, 5.41) is 10.3. The predicted molar refractivity (Wildman–Crippen MR) is 120 cm³/mol. The summed E-state index contributed by atoms with van der Waals surface area (Å²) < 4.78 is 7.01. The average molecular weight is 447 g/mol. The molecule has 9 nitrogen and oxygen atoms in total. The highest BCUT2D eigenvalue weighted by molar-refractivity contribution is 6.07. The van der Waals surface area contributed by atoms with Gasteiger partial charge in [0.05, 0.1) is 12.0 Å². The molecule has 3 heterocycles. The van der Waals surface area contributed by atoms with Crippen LogP contribution in [0.4, 0.5) is 4.79 Å². The molecule has 0 atom stereocenters. The summed E-state index contributed by atoms with van der Waals surface area (Å²) in [7, 11) is 0. The second kappa shape index (κ2) is 8.57. The van der Waals surface area contributed by atoms with Crippen molar-refractivity contribution in [2.24, 2.45) is 0 Å². The molecule has 2 fully saturated rings. The number of amides is 4. The maximum Gasteiger partial charge on any atom is 0.325 e. The number of urea groups is 1. The van der Waals surface area contributed by atoms with Crippen molar-refractivity contribution < 1.29 is 18.8 Å². The van der Waals surface area contributed by atoms with Crippen LogP contribution < -0.4 is 10.6 Å². The molecule has 0 unspecified atom stereocenters. The lowest BCUT2D eigenvalue weighted by atomic mass is 9.98. The molecule has 2 N–H and O–H groups in total. The van der Waals surface area contributed by atoms with Gasteiger partial charge in [-0.25, -0.2) is 9.48 Å². The molecule has 170 valence electrons. The van der Waals surface area contributed by atoms with Crippen LogP contribution in [0.3, 0.4) is 0 Å². The van der Waals surface area contributed by atoms with Gasteiger partial charge >= 0.3 is 6.03 Å². The predicted octanol–water partition coefficient (Wildman–Crippen LogP) is 3.12. The zero-order valence-corrected chi connectivity index (χ0v) is 18.1. The Morgan fingerprint density at radius 3 is 2.64 bits per heavy atom. The summed E-state index contributed by atoms with van der Waals surface area (Å²) in [5.74, 6) is 0.133. The second-order valence-electron chi connectivity index (χ2n) is 8.43. The number of nitrogens with one attached hydrogen (secondary N) is 2. The molecule has 5 rings (SSSR count). The monoisotopic (exact) mass is 447 g/mol. The fraction of sp³-hybridized carbons (Fsp3) is 0.333. The normalized spacial score (nSPS) is 17.0. The molecule has 33 heavy (non-hydrogen) atoms. The highest BCUT2D eigenvalue weighted by Gasteiger charge is 2.51. The first-order chi connectivity index (χ1) is 16.1. The third-order valence-electron chi connectivity index (χ3n) is 6.26. The van der Waals surface area contributed by atoms with Crippen LogP contribution >= 0.6 is 0 Å². The number of carbonyl (C=O) groups is 3. The number of imide groups is 1. The summed E-state index contributed by atoms with van der Waals surface area (Å²) in [5.41, 5.74) is 0.967. The minimum Gasteiger partial charge on any atom is -0.463 e. The van der Waals surface area contributed by atoms with Crippen molar-refractivity contribution >= 4 is 17.8 Å². The molecule has 1 aliphatic heterocycles. The largest absolute Gasteiger partial charge is 0.463 e. The van der Waals surface area contributed by atoms with E-state index in [9.17, 15) is 14.4 Å². The van der Waals surface area contributed by atoms with Crippen LogP contribution in [0, 0.1) is 0 Å². The molecular formula is C24H25N5O4. The number of furan rings is 1. The number of rotatable bonds is 7. The van der Waals surface area contributed by atoms with E-state index in [0.717, 1.165) is 18.5 Å². The smallest absolute Gasteiger partial charge is 0.325 e. The van der Waals surface area contributed by atoms with E-state index in [-0.39, 0.29) is 24.4 Å². The van der Waals surface area contributed by atoms with Gasteiger partial charge < -0.3 is 15.1 Å². The standard InChI is InChI=1S/C24H25N5O4/c30-21(25-13-7-14-28-22(31)24(26-23(28)32)11-4-5-12-24)19-16-18(20-10-6-15-33-20)27-29(19)17-8-2-1-3-9-17/h1-3,6,8-10,15-16H,4-5,7,11-14H2,(H,25,30)(H,26,32). The van der Waals surface area contributed by atoms with Gasteiger partial charge in [-0.15, -0.1) is 0 Å². The molecule has 0 radical (unpaired) electrons. The summed E-state index contributed by atoms with van der Waals surface area (Å²) in [6.07, 6.45) is 5.32. The first-order valence-electron chi connectivity index (χ1n) is 11.2. The van der Waals surface area contributed by atoms with Crippen LogP contribution in [-0.4, -0.2) is 51.2 Å². The van der Waals surface area contributed by atoms with Gasteiger partial charge in [0.15, 0.2) is 5.76 Å². The molecule has 1 aliphatic carbocycles. The SMILES string of the molecule is O=C(NCCCN1C(=O)NC2(CCCC2)C1=O)c1cc(-c2ccco2)nn1-c1ccccc1. The van der Waals surface area contributed by atoms with Crippen molar-refractivity contribution in [1.29, 1.82) is 0 Å². The van der Waals surface area contributed by atoms with E-state index >= 15 is 0 Å². The van der Waals surface area contributed by atoms with Crippen molar-refractivity contribution in [2.75, 3.05) is 13.1 Å². The van der Waals surface area contributed by atoms with Crippen molar-refractivity contribution in [1.82, 2.24) is 25.3 Å². The van der Waals surface area contributed by atoms with Crippen molar-refractivity contribution in [3.05, 3.63) is 60.5 Å². The molecule has 3 aromatic rings. The van der Waals surface area contributed by atoms with E-state index in [1.54, 1.807) is 29.1 Å². The van der Waals surface area contributed by atoms with Crippen LogP contribution in [0.5, 0.6) is 0 Å². The Morgan fingerprint density at radius 2 is 1.91 bits per heavy atom. The Morgan fingerprint density at radius 1 is 1.12 bits per heavy atom. The van der Waals surface area contributed by atoms with Gasteiger partial charge in [-0.2, -0.15) is 5.10 Å². The Balaban J connectivity index is 1.25. The lowest BCUT2D eigenvalue weighted by molar-refractivity contribution is -0.131. The molecule has 2 aliphatic rings. The molecule has 4 amide bonds. The van der Waals surface area contributed by atoms with Crippen molar-refractivity contribution in [3.8, 4) is 17.1 Å². The van der Waals surface area contributed by atoms with Gasteiger partial charge in [-0.3, -0.25) is 14.5 Å². The third-order valence-corrected chi connectivity index (χ3v) is 6.26. The number of hydrogen-bond acceptors (Lipinski definition) is 5. The number of nitrogens with zero attached hydrogens (tertiary/aromatic N) is 3. The lowest BCUT2D eigenvalue weighted by Crippen LogP contribution is -2.44. The molecular weight excluding hydrogens is 422 g/mol. The zero-order valence-electron chi connectivity index (χ0n) is 18.1. The third kappa shape index (κ3) is 3.90. The van der Waals surface area contributed by atoms with Gasteiger partial charge in [0, 0.05) is 19.2 Å². The maximum atomic E-state index is 13.0. The fourth-order valence-electron chi connectivity index (χ4n) is 4.58. The highest BCUT2D eigenvalue weighted by Crippen LogP contribution is 2.35. The van der Waals surface area contributed by atoms with Crippen LogP contribution in [0.15, 0.2) is 59.2 Å². The quantitative estimate of drug-likeness (QED) is 0.427. The molecule has 0 bridgehead atoms. The van der Waals surface area contributed by atoms with Crippen molar-refractivity contribution in [2.45, 2.75) is 37.6 Å². The van der Waals surface area contributed by atoms with E-state index in [1.807, 2.05) is 30.3 Å². The summed E-state index contributed by atoms with van der Waals surface area (Å²) in [6.45, 7) is 0.585. The van der Waals surface area contributed by atoms with E-state index < -0.39 is 5.54 Å². The van der Waals surface area contributed by atoms with E-state index in [1.165, 1.54) is 4.90 Å².